The van der Waals surface area contributed by atoms with Crippen molar-refractivity contribution >= 4 is 29.3 Å². The molecule has 5 heterocycles. The summed E-state index contributed by atoms with van der Waals surface area (Å²) < 4.78 is 39.8. The van der Waals surface area contributed by atoms with Gasteiger partial charge in [-0.15, -0.1) is 11.8 Å². The Bertz CT molecular complexity index is 1170. The van der Waals surface area contributed by atoms with Gasteiger partial charge in [-0.25, -0.2) is 9.78 Å². The molecule has 180 valence electrons. The number of amides is 1. The van der Waals surface area contributed by atoms with E-state index in [-0.39, 0.29) is 16.8 Å². The lowest BCUT2D eigenvalue weighted by Crippen LogP contribution is -2.60. The number of likely N-dealkylation sites (tertiary alicyclic amines) is 1. The van der Waals surface area contributed by atoms with Crippen molar-refractivity contribution in [3.05, 3.63) is 66.4 Å². The van der Waals surface area contributed by atoms with Crippen molar-refractivity contribution in [3.8, 4) is 0 Å². The summed E-state index contributed by atoms with van der Waals surface area (Å²) in [5, 5.41) is 7.12. The molecule has 1 unspecified atom stereocenters. The lowest BCUT2D eigenvalue weighted by atomic mass is 9.92. The van der Waals surface area contributed by atoms with Crippen molar-refractivity contribution in [1.29, 1.82) is 0 Å². The number of carboxylic acid groups (broad SMARTS) is 1. The number of ether oxygens (including phenoxy) is 1. The monoisotopic (exact) mass is 494 g/mol. The number of hydrogen-bond donors (Lipinski definition) is 1. The smallest absolute Gasteiger partial charge is 0.475 e. The Balaban J connectivity index is 0.000000344. The van der Waals surface area contributed by atoms with Gasteiger partial charge < -0.3 is 14.7 Å². The summed E-state index contributed by atoms with van der Waals surface area (Å²) in [6.07, 6.45) is 1.48. The molecule has 8 nitrogen and oxygen atoms in total. The summed E-state index contributed by atoms with van der Waals surface area (Å²) >= 11 is 1.94. The number of nitrogens with zero attached hydrogens (tertiary/aromatic N) is 4. The molecular weight excluding hydrogens is 473 g/mol. The summed E-state index contributed by atoms with van der Waals surface area (Å²) in [4.78, 5) is 32.3. The topological polar surface area (TPSA) is 97.0 Å². The van der Waals surface area contributed by atoms with Crippen LogP contribution in [0.3, 0.4) is 0 Å². The fourth-order valence-corrected chi connectivity index (χ4v) is 5.41. The molecule has 3 aromatic rings. The van der Waals surface area contributed by atoms with Gasteiger partial charge in [-0.3, -0.25) is 14.2 Å². The number of pyridine rings is 2. The second-order valence-corrected chi connectivity index (χ2v) is 9.48. The molecular formula is C22H21F3N4O4S. The highest BCUT2D eigenvalue weighted by molar-refractivity contribution is 8.01. The molecule has 2 saturated heterocycles. The van der Waals surface area contributed by atoms with E-state index < -0.39 is 12.1 Å². The van der Waals surface area contributed by atoms with Crippen molar-refractivity contribution in [3.63, 3.8) is 0 Å². The highest BCUT2D eigenvalue weighted by Gasteiger charge is 2.51. The van der Waals surface area contributed by atoms with Crippen LogP contribution in [-0.4, -0.2) is 72.1 Å². The van der Waals surface area contributed by atoms with E-state index in [0.717, 1.165) is 36.6 Å². The van der Waals surface area contributed by atoms with Crippen LogP contribution in [0.25, 0.3) is 5.65 Å². The normalized spacial score (nSPS) is 18.9. The van der Waals surface area contributed by atoms with Crippen LogP contribution in [0.2, 0.25) is 0 Å². The Kier molecular flexibility index (Phi) is 6.80. The van der Waals surface area contributed by atoms with Gasteiger partial charge in [0.25, 0.3) is 5.91 Å². The van der Waals surface area contributed by atoms with E-state index in [1.807, 2.05) is 63.7 Å². The van der Waals surface area contributed by atoms with Crippen LogP contribution >= 0.6 is 11.8 Å². The van der Waals surface area contributed by atoms with Gasteiger partial charge >= 0.3 is 12.1 Å². The number of halogens is 3. The minimum absolute atomic E-state index is 0.0535. The number of alkyl halides is 3. The van der Waals surface area contributed by atoms with Crippen molar-refractivity contribution in [1.82, 2.24) is 19.3 Å². The maximum atomic E-state index is 12.9. The van der Waals surface area contributed by atoms with Gasteiger partial charge in [-0.2, -0.15) is 13.2 Å². The quantitative estimate of drug-likeness (QED) is 0.595. The number of hydrogen-bond acceptors (Lipinski definition) is 6. The number of aliphatic carboxylic acids is 1. The molecule has 0 saturated carbocycles. The molecule has 34 heavy (non-hydrogen) atoms. The van der Waals surface area contributed by atoms with E-state index in [1.165, 1.54) is 0 Å². The maximum absolute atomic E-state index is 12.9. The molecule has 2 aliphatic heterocycles. The lowest BCUT2D eigenvalue weighted by Gasteiger charge is -2.47. The van der Waals surface area contributed by atoms with Gasteiger partial charge in [0, 0.05) is 31.2 Å². The predicted molar refractivity (Wildman–Crippen MR) is 117 cm³/mol. The largest absolute Gasteiger partial charge is 0.490 e. The number of imidazole rings is 1. The average molecular weight is 494 g/mol. The molecule has 3 aromatic heterocycles. The number of carbonyl (C=O) groups excluding carboxylic acids is 1. The summed E-state index contributed by atoms with van der Waals surface area (Å²) in [5.74, 6) is -1.73. The zero-order valence-corrected chi connectivity index (χ0v) is 18.6. The molecule has 12 heteroatoms. The third kappa shape index (κ3) is 5.33. The van der Waals surface area contributed by atoms with Crippen LogP contribution in [0, 0.1) is 0 Å². The maximum Gasteiger partial charge on any atom is 0.490 e. The first-order chi connectivity index (χ1) is 16.2. The third-order valence-corrected chi connectivity index (χ3v) is 7.07. The second-order valence-electron chi connectivity index (χ2n) is 7.99. The molecule has 0 bridgehead atoms. The van der Waals surface area contributed by atoms with Crippen molar-refractivity contribution in [2.45, 2.75) is 30.1 Å². The molecule has 1 amide bonds. The Labute approximate surface area is 196 Å². The Hall–Kier alpha value is -3.12. The highest BCUT2D eigenvalue weighted by Crippen LogP contribution is 2.46. The summed E-state index contributed by atoms with van der Waals surface area (Å²) in [6, 6.07) is 11.6. The standard InChI is InChI=1S/C20H20N4O2S.C2HF3O2/c25-19(17-10-22-18-6-2-4-8-24(17)18)23-13-20(14-23)9-16(12-27-20)26-11-15-5-1-3-7-21-15;3-2(4,5)1(6)7/h1-8,10,16H,9,11-14H2;(H,6,7). The van der Waals surface area contributed by atoms with E-state index in [0.29, 0.717) is 12.3 Å². The predicted octanol–water partition coefficient (Wildman–Crippen LogP) is 3.28. The molecule has 2 fully saturated rings. The minimum Gasteiger partial charge on any atom is -0.475 e. The number of thioether (sulfide) groups is 1. The van der Waals surface area contributed by atoms with Gasteiger partial charge in [0.1, 0.15) is 11.3 Å². The van der Waals surface area contributed by atoms with Gasteiger partial charge in [0.05, 0.1) is 29.3 Å². The van der Waals surface area contributed by atoms with Crippen LogP contribution in [0.4, 0.5) is 13.2 Å². The zero-order valence-electron chi connectivity index (χ0n) is 17.8. The lowest BCUT2D eigenvalue weighted by molar-refractivity contribution is -0.192. The summed E-state index contributed by atoms with van der Waals surface area (Å²) in [6.45, 7) is 2.10. The number of carbonyl (C=O) groups is 2. The zero-order chi connectivity index (χ0) is 24.3. The number of fused-ring (bicyclic) bond motifs is 1. The molecule has 1 N–H and O–H groups in total. The first-order valence-electron chi connectivity index (χ1n) is 10.3. The fourth-order valence-electron chi connectivity index (χ4n) is 3.86. The van der Waals surface area contributed by atoms with Crippen molar-refractivity contribution in [2.75, 3.05) is 18.8 Å². The molecule has 0 aliphatic carbocycles. The number of rotatable bonds is 4. The number of aromatic nitrogens is 3. The first kappa shape index (κ1) is 24.0. The summed E-state index contributed by atoms with van der Waals surface area (Å²) in [5.41, 5.74) is 2.39. The van der Waals surface area contributed by atoms with Gasteiger partial charge in [0.15, 0.2) is 0 Å². The molecule has 1 atom stereocenters. The fraction of sp³-hybridized carbons (Fsp3) is 0.364. The van der Waals surface area contributed by atoms with Crippen LogP contribution in [0.15, 0.2) is 55.0 Å². The van der Waals surface area contributed by atoms with E-state index >= 15 is 0 Å². The summed E-state index contributed by atoms with van der Waals surface area (Å²) in [7, 11) is 0. The van der Waals surface area contributed by atoms with Crippen molar-refractivity contribution < 1.29 is 32.6 Å². The second kappa shape index (κ2) is 9.63. The molecule has 0 radical (unpaired) electrons. The molecule has 0 aromatic carbocycles. The van der Waals surface area contributed by atoms with E-state index in [4.69, 9.17) is 14.6 Å². The van der Waals surface area contributed by atoms with Crippen LogP contribution in [-0.2, 0) is 16.1 Å². The van der Waals surface area contributed by atoms with Gasteiger partial charge in [-0.1, -0.05) is 12.1 Å². The third-order valence-electron chi connectivity index (χ3n) is 5.49. The van der Waals surface area contributed by atoms with Crippen LogP contribution < -0.4 is 0 Å². The van der Waals surface area contributed by atoms with Crippen LogP contribution in [0.1, 0.15) is 22.6 Å². The highest BCUT2D eigenvalue weighted by atomic mass is 32.2. The Morgan fingerprint density at radius 2 is 1.91 bits per heavy atom. The first-order valence-corrected chi connectivity index (χ1v) is 11.3. The Morgan fingerprint density at radius 1 is 1.18 bits per heavy atom. The minimum atomic E-state index is -5.08. The molecule has 1 spiro atoms. The van der Waals surface area contributed by atoms with Gasteiger partial charge in [0.2, 0.25) is 0 Å². The average Bonchev–Trinajstić information content (AvgIpc) is 3.42. The van der Waals surface area contributed by atoms with E-state index in [1.54, 1.807) is 12.4 Å². The van der Waals surface area contributed by atoms with Crippen LogP contribution in [0.5, 0.6) is 0 Å². The number of carboxylic acids is 1. The SMILES string of the molecule is O=C(O)C(F)(F)F.O=C(c1cnc2ccccn12)N1CC2(CC(OCc3ccccn3)CS2)C1. The van der Waals surface area contributed by atoms with E-state index in [9.17, 15) is 18.0 Å². The Morgan fingerprint density at radius 3 is 2.59 bits per heavy atom. The van der Waals surface area contributed by atoms with E-state index in [2.05, 4.69) is 9.97 Å². The molecule has 5 rings (SSSR count). The molecule has 2 aliphatic rings. The van der Waals surface area contributed by atoms with Crippen molar-refractivity contribution in [2.24, 2.45) is 0 Å². The van der Waals surface area contributed by atoms with Gasteiger partial charge in [-0.05, 0) is 30.7 Å².